The van der Waals surface area contributed by atoms with Crippen LogP contribution in [0.3, 0.4) is 0 Å². The molecule has 0 spiro atoms. The van der Waals surface area contributed by atoms with Gasteiger partial charge in [0.15, 0.2) is 6.04 Å². The molecule has 5 aromatic carbocycles. The number of ether oxygens (including phenoxy) is 2. The van der Waals surface area contributed by atoms with E-state index >= 15 is 0 Å². The summed E-state index contributed by atoms with van der Waals surface area (Å²) >= 11 is 0. The lowest BCUT2D eigenvalue weighted by molar-refractivity contribution is -0.146. The molecule has 0 aromatic heterocycles. The molecule has 1 atom stereocenters. The third-order valence-electron chi connectivity index (χ3n) is 7.06. The molecule has 43 heavy (non-hydrogen) atoms. The topological polar surface area (TPSA) is 64.6 Å². The van der Waals surface area contributed by atoms with Gasteiger partial charge in [0.2, 0.25) is 0 Å². The van der Waals surface area contributed by atoms with Gasteiger partial charge in [-0.3, -0.25) is 0 Å². The highest BCUT2D eigenvalue weighted by molar-refractivity contribution is 7.95. The summed E-state index contributed by atoms with van der Waals surface area (Å²) < 4.78 is 11.4. The zero-order chi connectivity index (χ0) is 29.0. The van der Waals surface area contributed by atoms with Crippen molar-refractivity contribution in [2.75, 3.05) is 6.16 Å². The third-order valence-corrected chi connectivity index (χ3v) is 11.5. The number of rotatable bonds is 11. The number of amides is 1. The molecule has 0 aliphatic rings. The standard InChI is InChI=1S/C36H32NO4P.ClH/c38-35(40-26-29-16-6-1-7-17-29)34(37-36(39)41-27-30-18-8-2-9-19-30)28-42(31-20-10-3-11-21-31,32-22-12-4-13-23-32)33-24-14-5-15-25-33;/h1-25,34H,26-28H2;1H/t34-;/m0./s1. The van der Waals surface area contributed by atoms with Crippen molar-refractivity contribution in [3.63, 3.8) is 0 Å². The molecule has 1 amide bonds. The van der Waals surface area contributed by atoms with Gasteiger partial charge in [0, 0.05) is 0 Å². The predicted octanol–water partition coefficient (Wildman–Crippen LogP) is 3.02. The molecule has 0 saturated carbocycles. The predicted molar refractivity (Wildman–Crippen MR) is 170 cm³/mol. The van der Waals surface area contributed by atoms with Crippen molar-refractivity contribution in [1.29, 1.82) is 0 Å². The summed E-state index contributed by atoms with van der Waals surface area (Å²) in [5.74, 6) is -0.511. The van der Waals surface area contributed by atoms with E-state index in [1.165, 1.54) is 0 Å². The molecule has 5 aromatic rings. The van der Waals surface area contributed by atoms with Crippen LogP contribution in [-0.4, -0.2) is 24.3 Å². The summed E-state index contributed by atoms with van der Waals surface area (Å²) in [6.45, 7) is 0.194. The van der Waals surface area contributed by atoms with Gasteiger partial charge in [0.25, 0.3) is 0 Å². The Morgan fingerprint density at radius 2 is 0.884 bits per heavy atom. The number of hydrogen-bond acceptors (Lipinski definition) is 4. The fourth-order valence-corrected chi connectivity index (χ4v) is 9.36. The first-order valence-electron chi connectivity index (χ1n) is 13.9. The fraction of sp³-hybridized carbons (Fsp3) is 0.111. The highest BCUT2D eigenvalue weighted by atomic mass is 35.5. The van der Waals surface area contributed by atoms with Gasteiger partial charge in [-0.25, -0.2) is 9.59 Å². The van der Waals surface area contributed by atoms with Crippen LogP contribution in [-0.2, 0) is 27.5 Å². The zero-order valence-corrected chi connectivity index (χ0v) is 25.2. The Kier molecular flexibility index (Phi) is 11.5. The summed E-state index contributed by atoms with van der Waals surface area (Å²) in [6, 6.07) is 48.7. The van der Waals surface area contributed by atoms with Gasteiger partial charge in [-0.1, -0.05) is 115 Å². The number of halogens is 1. The Hall–Kier alpha value is -4.44. The summed E-state index contributed by atoms with van der Waals surface area (Å²) in [5, 5.41) is 6.18. The van der Waals surface area contributed by atoms with E-state index in [1.807, 2.05) is 115 Å². The molecule has 5 nitrogen and oxygen atoms in total. The lowest BCUT2D eigenvalue weighted by atomic mass is 10.2. The fourth-order valence-electron chi connectivity index (χ4n) is 5.00. The van der Waals surface area contributed by atoms with E-state index < -0.39 is 25.4 Å². The molecular formula is C36H33ClNO4P. The van der Waals surface area contributed by atoms with E-state index in [0.29, 0.717) is 6.16 Å². The van der Waals surface area contributed by atoms with Crippen molar-refractivity contribution >= 4 is 35.2 Å². The van der Waals surface area contributed by atoms with Crippen LogP contribution in [0.2, 0.25) is 0 Å². The molecule has 0 unspecified atom stereocenters. The largest absolute Gasteiger partial charge is 1.00 e. The van der Waals surface area contributed by atoms with Crippen LogP contribution in [0.15, 0.2) is 152 Å². The van der Waals surface area contributed by atoms with Crippen LogP contribution in [0.25, 0.3) is 0 Å². The SMILES string of the molecule is O=C(N[C@@H](C[P+](c1ccccc1)(c1ccccc1)c1ccccc1)C(=O)OCc1ccccc1)OCc1ccccc1.[Cl-]. The van der Waals surface area contributed by atoms with E-state index in [0.717, 1.165) is 27.0 Å². The van der Waals surface area contributed by atoms with E-state index in [4.69, 9.17) is 9.47 Å². The number of hydrogen-bond donors (Lipinski definition) is 1. The summed E-state index contributed by atoms with van der Waals surface area (Å²) in [5.41, 5.74) is 1.72. The minimum Gasteiger partial charge on any atom is -1.00 e. The maximum absolute atomic E-state index is 13.8. The number of carbonyl (C=O) groups excluding carboxylic acids is 2. The van der Waals surface area contributed by atoms with Crippen molar-refractivity contribution < 1.29 is 31.5 Å². The Labute approximate surface area is 259 Å². The quantitative estimate of drug-likeness (QED) is 0.185. The average Bonchev–Trinajstić information content (AvgIpc) is 3.07. The molecule has 0 saturated heterocycles. The lowest BCUT2D eigenvalue weighted by Gasteiger charge is -2.30. The van der Waals surface area contributed by atoms with Gasteiger partial charge in [-0.05, 0) is 47.5 Å². The Bertz CT molecular complexity index is 1460. The number of alkyl carbamates (subject to hydrolysis) is 1. The average molecular weight is 610 g/mol. The molecule has 0 heterocycles. The molecule has 5 rings (SSSR count). The summed E-state index contributed by atoms with van der Waals surface area (Å²) in [7, 11) is -2.46. The molecule has 0 aliphatic carbocycles. The number of carbonyl (C=O) groups is 2. The first kappa shape index (κ1) is 31.5. The molecular weight excluding hydrogens is 577 g/mol. The second-order valence-electron chi connectivity index (χ2n) is 9.85. The first-order chi connectivity index (χ1) is 20.6. The second-order valence-corrected chi connectivity index (χ2v) is 13.4. The molecule has 1 N–H and O–H groups in total. The van der Waals surface area contributed by atoms with E-state index in [1.54, 1.807) is 0 Å². The van der Waals surface area contributed by atoms with Gasteiger partial charge in [-0.15, -0.1) is 0 Å². The number of benzene rings is 5. The molecule has 0 aliphatic heterocycles. The van der Waals surface area contributed by atoms with Gasteiger partial charge >= 0.3 is 12.1 Å². The maximum Gasteiger partial charge on any atom is 0.408 e. The van der Waals surface area contributed by atoms with Crippen molar-refractivity contribution in [1.82, 2.24) is 5.32 Å². The second kappa shape index (κ2) is 15.7. The Morgan fingerprint density at radius 3 is 1.28 bits per heavy atom. The number of esters is 1. The van der Waals surface area contributed by atoms with Crippen molar-refractivity contribution in [3.8, 4) is 0 Å². The molecule has 218 valence electrons. The third kappa shape index (κ3) is 8.10. The monoisotopic (exact) mass is 609 g/mol. The van der Waals surface area contributed by atoms with E-state index in [9.17, 15) is 9.59 Å². The van der Waals surface area contributed by atoms with Gasteiger partial charge in [0.1, 0.15) is 42.6 Å². The molecule has 0 radical (unpaired) electrons. The van der Waals surface area contributed by atoms with Crippen LogP contribution >= 0.6 is 7.26 Å². The van der Waals surface area contributed by atoms with Crippen molar-refractivity contribution in [2.45, 2.75) is 19.3 Å². The first-order valence-corrected chi connectivity index (χ1v) is 15.9. The minimum atomic E-state index is -2.46. The highest BCUT2D eigenvalue weighted by Gasteiger charge is 2.49. The Morgan fingerprint density at radius 1 is 0.535 bits per heavy atom. The Balaban J connectivity index is 0.00000423. The van der Waals surface area contributed by atoms with Gasteiger partial charge in [-0.2, -0.15) is 0 Å². The highest BCUT2D eigenvalue weighted by Crippen LogP contribution is 2.55. The van der Waals surface area contributed by atoms with Gasteiger partial charge < -0.3 is 27.2 Å². The van der Waals surface area contributed by atoms with Gasteiger partial charge in [0.05, 0.1) is 0 Å². The van der Waals surface area contributed by atoms with Crippen LogP contribution in [0.5, 0.6) is 0 Å². The number of nitrogens with one attached hydrogen (secondary N) is 1. The molecule has 0 fully saturated rings. The summed E-state index contributed by atoms with van der Waals surface area (Å²) in [6.07, 6.45) is -0.355. The van der Waals surface area contributed by atoms with E-state index in [-0.39, 0.29) is 25.6 Å². The minimum absolute atomic E-state index is 0. The molecule has 0 bridgehead atoms. The van der Waals surface area contributed by atoms with E-state index in [2.05, 4.69) is 41.7 Å². The summed E-state index contributed by atoms with van der Waals surface area (Å²) in [4.78, 5) is 27.0. The van der Waals surface area contributed by atoms with Crippen LogP contribution in [0.4, 0.5) is 4.79 Å². The lowest BCUT2D eigenvalue weighted by Crippen LogP contribution is -3.00. The normalized spacial score (nSPS) is 11.4. The van der Waals surface area contributed by atoms with Crippen molar-refractivity contribution in [2.24, 2.45) is 0 Å². The zero-order valence-electron chi connectivity index (χ0n) is 23.6. The van der Waals surface area contributed by atoms with Crippen LogP contribution in [0, 0.1) is 0 Å². The maximum atomic E-state index is 13.8. The van der Waals surface area contributed by atoms with Crippen LogP contribution in [0.1, 0.15) is 11.1 Å². The van der Waals surface area contributed by atoms with Crippen molar-refractivity contribution in [3.05, 3.63) is 163 Å². The van der Waals surface area contributed by atoms with Crippen LogP contribution < -0.4 is 33.6 Å². The smallest absolute Gasteiger partial charge is 0.408 e. The molecule has 7 heteroatoms.